The van der Waals surface area contributed by atoms with E-state index in [1.54, 1.807) is 36.4 Å². The van der Waals surface area contributed by atoms with Crippen LogP contribution in [0.5, 0.6) is 0 Å². The predicted molar refractivity (Wildman–Crippen MR) is 90.3 cm³/mol. The molecule has 2 N–H and O–H groups in total. The first-order chi connectivity index (χ1) is 12.2. The summed E-state index contributed by atoms with van der Waals surface area (Å²) in [6, 6.07) is 16.1. The van der Waals surface area contributed by atoms with Crippen LogP contribution >= 0.6 is 0 Å². The average Bonchev–Trinajstić information content (AvgIpc) is 2.63. The summed E-state index contributed by atoms with van der Waals surface area (Å²) in [7, 11) is 0. The maximum absolute atomic E-state index is 13.4. The molecule has 0 unspecified atom stereocenters. The van der Waals surface area contributed by atoms with Crippen LogP contribution in [0.3, 0.4) is 0 Å². The molecule has 0 radical (unpaired) electrons. The minimum absolute atomic E-state index is 0.129. The Labute approximate surface area is 142 Å². The third-order valence-electron chi connectivity index (χ3n) is 3.37. The fraction of sp³-hybridized carbons (Fsp3) is 0. The standard InChI is InChI=1S/C18H12FN5O/c19-14-3-1-2-13(10-14)17(24-25)16-8-9-21-18(23-16)22-15-6-4-12(11-20)5-7-15/h1-10,25H,(H,21,22,23)/b24-17-. The molecule has 0 fully saturated rings. The largest absolute Gasteiger partial charge is 0.410 e. The molecule has 0 aliphatic carbocycles. The summed E-state index contributed by atoms with van der Waals surface area (Å²) >= 11 is 0. The molecule has 7 heteroatoms. The lowest BCUT2D eigenvalue weighted by molar-refractivity contribution is 0.319. The Morgan fingerprint density at radius 2 is 1.96 bits per heavy atom. The smallest absolute Gasteiger partial charge is 0.227 e. The molecule has 25 heavy (non-hydrogen) atoms. The van der Waals surface area contributed by atoms with Crippen molar-refractivity contribution in [1.29, 1.82) is 5.26 Å². The molecule has 0 bridgehead atoms. The van der Waals surface area contributed by atoms with E-state index in [4.69, 9.17) is 5.26 Å². The molecule has 0 saturated heterocycles. The molecule has 6 nitrogen and oxygen atoms in total. The third-order valence-corrected chi connectivity index (χ3v) is 3.37. The van der Waals surface area contributed by atoms with Crippen LogP contribution in [0.1, 0.15) is 16.8 Å². The van der Waals surface area contributed by atoms with Gasteiger partial charge in [-0.15, -0.1) is 0 Å². The van der Waals surface area contributed by atoms with Crippen LogP contribution in [0.4, 0.5) is 16.0 Å². The quantitative estimate of drug-likeness (QED) is 0.433. The van der Waals surface area contributed by atoms with Gasteiger partial charge in [-0.2, -0.15) is 5.26 Å². The number of aromatic nitrogens is 2. The number of hydrogen-bond donors (Lipinski definition) is 2. The van der Waals surface area contributed by atoms with Gasteiger partial charge in [0.1, 0.15) is 11.5 Å². The minimum atomic E-state index is -0.441. The SMILES string of the molecule is N#Cc1ccc(Nc2nccc(/C(=N\O)c3cccc(F)c3)n2)cc1. The van der Waals surface area contributed by atoms with Crippen LogP contribution in [0.15, 0.2) is 65.9 Å². The van der Waals surface area contributed by atoms with Gasteiger partial charge in [0, 0.05) is 17.4 Å². The van der Waals surface area contributed by atoms with Crippen molar-refractivity contribution in [3.8, 4) is 6.07 Å². The Morgan fingerprint density at radius 3 is 2.64 bits per heavy atom. The first kappa shape index (κ1) is 16.1. The van der Waals surface area contributed by atoms with Crippen molar-refractivity contribution in [3.63, 3.8) is 0 Å². The summed E-state index contributed by atoms with van der Waals surface area (Å²) in [5, 5.41) is 24.4. The highest BCUT2D eigenvalue weighted by Crippen LogP contribution is 2.16. The van der Waals surface area contributed by atoms with Gasteiger partial charge in [-0.05, 0) is 42.5 Å². The average molecular weight is 333 g/mol. The fourth-order valence-electron chi connectivity index (χ4n) is 2.20. The van der Waals surface area contributed by atoms with E-state index in [-0.39, 0.29) is 11.7 Å². The topological polar surface area (TPSA) is 94.2 Å². The molecule has 0 saturated carbocycles. The van der Waals surface area contributed by atoms with Crippen molar-refractivity contribution in [3.05, 3.63) is 83.4 Å². The number of nitrogens with zero attached hydrogens (tertiary/aromatic N) is 4. The molecule has 0 atom stereocenters. The first-order valence-electron chi connectivity index (χ1n) is 7.28. The number of nitriles is 1. The number of anilines is 2. The lowest BCUT2D eigenvalue weighted by atomic mass is 10.1. The van der Waals surface area contributed by atoms with Crippen molar-refractivity contribution < 1.29 is 9.60 Å². The monoisotopic (exact) mass is 333 g/mol. The second-order valence-corrected chi connectivity index (χ2v) is 5.04. The van der Waals surface area contributed by atoms with Gasteiger partial charge in [-0.25, -0.2) is 14.4 Å². The van der Waals surface area contributed by atoms with Crippen LogP contribution in [0.25, 0.3) is 0 Å². The first-order valence-corrected chi connectivity index (χ1v) is 7.28. The van der Waals surface area contributed by atoms with Crippen molar-refractivity contribution in [2.75, 3.05) is 5.32 Å². The predicted octanol–water partition coefficient (Wildman–Crippen LogP) is 3.46. The van der Waals surface area contributed by atoms with Gasteiger partial charge in [0.2, 0.25) is 5.95 Å². The highest BCUT2D eigenvalue weighted by molar-refractivity contribution is 6.11. The zero-order valence-electron chi connectivity index (χ0n) is 12.9. The van der Waals surface area contributed by atoms with Crippen LogP contribution in [0, 0.1) is 17.1 Å². The van der Waals surface area contributed by atoms with Crippen molar-refractivity contribution in [1.82, 2.24) is 9.97 Å². The molecule has 3 aromatic rings. The molecule has 1 heterocycles. The number of nitrogens with one attached hydrogen (secondary N) is 1. The summed E-state index contributed by atoms with van der Waals surface area (Å²) in [5.74, 6) is -0.164. The number of benzene rings is 2. The van der Waals surface area contributed by atoms with Crippen LogP contribution in [-0.2, 0) is 0 Å². The Morgan fingerprint density at radius 1 is 1.16 bits per heavy atom. The van der Waals surface area contributed by atoms with Crippen LogP contribution < -0.4 is 5.32 Å². The second-order valence-electron chi connectivity index (χ2n) is 5.04. The van der Waals surface area contributed by atoms with Gasteiger partial charge < -0.3 is 10.5 Å². The van der Waals surface area contributed by atoms with Gasteiger partial charge >= 0.3 is 0 Å². The Kier molecular flexibility index (Phi) is 4.62. The molecule has 122 valence electrons. The van der Waals surface area contributed by atoms with E-state index in [9.17, 15) is 9.60 Å². The van der Waals surface area contributed by atoms with Gasteiger partial charge in [-0.3, -0.25) is 0 Å². The van der Waals surface area contributed by atoms with Crippen molar-refractivity contribution in [2.24, 2.45) is 5.16 Å². The number of oxime groups is 1. The van der Waals surface area contributed by atoms with Gasteiger partial charge in [0.25, 0.3) is 0 Å². The molecule has 3 rings (SSSR count). The normalized spacial score (nSPS) is 11.0. The third kappa shape index (κ3) is 3.76. The molecular weight excluding hydrogens is 321 g/mol. The van der Waals surface area contributed by atoms with E-state index in [0.29, 0.717) is 22.5 Å². The number of hydrogen-bond acceptors (Lipinski definition) is 6. The summed E-state index contributed by atoms with van der Waals surface area (Å²) in [5.41, 5.74) is 2.10. The Hall–Kier alpha value is -3.79. The maximum atomic E-state index is 13.4. The van der Waals surface area contributed by atoms with E-state index in [2.05, 4.69) is 20.4 Å². The number of halogens is 1. The Bertz CT molecular complexity index is 964. The van der Waals surface area contributed by atoms with E-state index in [0.717, 1.165) is 0 Å². The summed E-state index contributed by atoms with van der Waals surface area (Å²) < 4.78 is 13.4. The molecule has 0 aliphatic rings. The fourth-order valence-corrected chi connectivity index (χ4v) is 2.20. The van der Waals surface area contributed by atoms with E-state index in [1.807, 2.05) is 6.07 Å². The lowest BCUT2D eigenvalue weighted by Gasteiger charge is -2.08. The molecular formula is C18H12FN5O. The lowest BCUT2D eigenvalue weighted by Crippen LogP contribution is -2.08. The van der Waals surface area contributed by atoms with E-state index >= 15 is 0 Å². The molecule has 1 aromatic heterocycles. The van der Waals surface area contributed by atoms with E-state index < -0.39 is 5.82 Å². The second kappa shape index (κ2) is 7.19. The molecule has 2 aromatic carbocycles. The zero-order valence-corrected chi connectivity index (χ0v) is 12.9. The molecule has 0 aliphatic heterocycles. The summed E-state index contributed by atoms with van der Waals surface area (Å²) in [6.07, 6.45) is 1.50. The van der Waals surface area contributed by atoms with Crippen LogP contribution in [-0.4, -0.2) is 20.9 Å². The molecule has 0 amide bonds. The van der Waals surface area contributed by atoms with E-state index in [1.165, 1.54) is 24.4 Å². The summed E-state index contributed by atoms with van der Waals surface area (Å²) in [4.78, 5) is 8.39. The van der Waals surface area contributed by atoms with Gasteiger partial charge in [-0.1, -0.05) is 17.3 Å². The Balaban J connectivity index is 1.88. The van der Waals surface area contributed by atoms with Crippen molar-refractivity contribution >= 4 is 17.3 Å². The van der Waals surface area contributed by atoms with Crippen molar-refractivity contribution in [2.45, 2.75) is 0 Å². The zero-order chi connectivity index (χ0) is 17.6. The number of rotatable bonds is 4. The highest BCUT2D eigenvalue weighted by Gasteiger charge is 2.11. The van der Waals surface area contributed by atoms with Gasteiger partial charge in [0.05, 0.1) is 17.3 Å². The minimum Gasteiger partial charge on any atom is -0.410 e. The van der Waals surface area contributed by atoms with Gasteiger partial charge in [0.15, 0.2) is 0 Å². The maximum Gasteiger partial charge on any atom is 0.227 e. The van der Waals surface area contributed by atoms with Crippen LogP contribution in [0.2, 0.25) is 0 Å². The highest BCUT2D eigenvalue weighted by atomic mass is 19.1. The molecule has 0 spiro atoms. The summed E-state index contributed by atoms with van der Waals surface area (Å²) in [6.45, 7) is 0.